The second-order valence-corrected chi connectivity index (χ2v) is 7.51. The SMILES string of the molecule is CSCc1nc2ccccc2n1CC(=O)N1CCC(C)CC1CN. The highest BCUT2D eigenvalue weighted by Gasteiger charge is 2.29. The van der Waals surface area contributed by atoms with Gasteiger partial charge in [-0.2, -0.15) is 11.8 Å². The molecule has 24 heavy (non-hydrogen) atoms. The minimum atomic E-state index is 0.155. The summed E-state index contributed by atoms with van der Waals surface area (Å²) in [5.41, 5.74) is 7.91. The van der Waals surface area contributed by atoms with Gasteiger partial charge in [0.15, 0.2) is 0 Å². The van der Waals surface area contributed by atoms with Crippen LogP contribution in [0.25, 0.3) is 11.0 Å². The second-order valence-electron chi connectivity index (χ2n) is 6.64. The topological polar surface area (TPSA) is 64.2 Å². The van der Waals surface area contributed by atoms with E-state index in [0.717, 1.165) is 42.0 Å². The highest BCUT2D eigenvalue weighted by molar-refractivity contribution is 7.97. The standard InChI is InChI=1S/C18H26N4OS/c1-13-7-8-21(14(9-13)10-19)18(23)11-22-16-6-4-3-5-15(16)20-17(22)12-24-2/h3-6,13-14H,7-12,19H2,1-2H3. The van der Waals surface area contributed by atoms with Gasteiger partial charge < -0.3 is 15.2 Å². The summed E-state index contributed by atoms with van der Waals surface area (Å²) in [4.78, 5) is 19.6. The Hall–Kier alpha value is -1.53. The van der Waals surface area contributed by atoms with Crippen molar-refractivity contribution in [3.63, 3.8) is 0 Å². The van der Waals surface area contributed by atoms with Crippen molar-refractivity contribution in [3.05, 3.63) is 30.1 Å². The molecule has 3 rings (SSSR count). The van der Waals surface area contributed by atoms with Crippen LogP contribution in [0, 0.1) is 5.92 Å². The number of nitrogens with zero attached hydrogens (tertiary/aromatic N) is 3. The van der Waals surface area contributed by atoms with E-state index < -0.39 is 0 Å². The number of piperidine rings is 1. The van der Waals surface area contributed by atoms with Crippen molar-refractivity contribution in [3.8, 4) is 0 Å². The molecule has 1 aromatic heterocycles. The molecule has 130 valence electrons. The number of fused-ring (bicyclic) bond motifs is 1. The minimum Gasteiger partial charge on any atom is -0.337 e. The first kappa shape index (κ1) is 17.3. The van der Waals surface area contributed by atoms with Crippen molar-refractivity contribution in [2.45, 2.75) is 38.1 Å². The summed E-state index contributed by atoms with van der Waals surface area (Å²) in [5.74, 6) is 2.57. The highest BCUT2D eigenvalue weighted by atomic mass is 32.2. The summed E-state index contributed by atoms with van der Waals surface area (Å²) in [6.07, 6.45) is 4.12. The quantitative estimate of drug-likeness (QED) is 0.903. The number of amides is 1. The zero-order valence-electron chi connectivity index (χ0n) is 14.4. The summed E-state index contributed by atoms with van der Waals surface area (Å²) in [6, 6.07) is 8.20. The van der Waals surface area contributed by atoms with Crippen LogP contribution in [0.5, 0.6) is 0 Å². The van der Waals surface area contributed by atoms with Gasteiger partial charge in [-0.3, -0.25) is 4.79 Å². The van der Waals surface area contributed by atoms with E-state index in [4.69, 9.17) is 10.7 Å². The van der Waals surface area contributed by atoms with Gasteiger partial charge in [-0.25, -0.2) is 4.98 Å². The van der Waals surface area contributed by atoms with Gasteiger partial charge >= 0.3 is 0 Å². The molecule has 0 saturated carbocycles. The summed E-state index contributed by atoms with van der Waals surface area (Å²) < 4.78 is 2.07. The Morgan fingerprint density at radius 1 is 1.42 bits per heavy atom. The number of carbonyl (C=O) groups is 1. The molecule has 1 fully saturated rings. The molecule has 5 nitrogen and oxygen atoms in total. The average molecular weight is 347 g/mol. The second kappa shape index (κ2) is 7.57. The van der Waals surface area contributed by atoms with E-state index in [1.54, 1.807) is 11.8 Å². The predicted molar refractivity (Wildman–Crippen MR) is 99.9 cm³/mol. The number of nitrogens with two attached hydrogens (primary N) is 1. The molecule has 1 aliphatic rings. The van der Waals surface area contributed by atoms with Crippen LogP contribution in [-0.2, 0) is 17.1 Å². The van der Waals surface area contributed by atoms with Gasteiger partial charge in [0.2, 0.25) is 5.91 Å². The summed E-state index contributed by atoms with van der Waals surface area (Å²) >= 11 is 1.72. The van der Waals surface area contributed by atoms with E-state index in [0.29, 0.717) is 19.0 Å². The minimum absolute atomic E-state index is 0.155. The molecule has 2 aromatic rings. The Bertz CT molecular complexity index is 714. The maximum Gasteiger partial charge on any atom is 0.242 e. The van der Waals surface area contributed by atoms with Crippen molar-refractivity contribution in [1.82, 2.24) is 14.5 Å². The van der Waals surface area contributed by atoms with Gasteiger partial charge in [-0.05, 0) is 37.1 Å². The van der Waals surface area contributed by atoms with E-state index in [1.165, 1.54) is 0 Å². The molecule has 2 N–H and O–H groups in total. The highest BCUT2D eigenvalue weighted by Crippen LogP contribution is 2.24. The lowest BCUT2D eigenvalue weighted by molar-refractivity contribution is -0.135. The molecular weight excluding hydrogens is 320 g/mol. The Balaban J connectivity index is 1.85. The van der Waals surface area contributed by atoms with Gasteiger partial charge in [-0.15, -0.1) is 0 Å². The first-order chi connectivity index (χ1) is 11.6. The molecule has 0 bridgehead atoms. The van der Waals surface area contributed by atoms with Crippen LogP contribution in [0.1, 0.15) is 25.6 Å². The monoisotopic (exact) mass is 346 g/mol. The zero-order valence-corrected chi connectivity index (χ0v) is 15.3. The van der Waals surface area contributed by atoms with Gasteiger partial charge in [0.25, 0.3) is 0 Å². The fourth-order valence-corrected chi connectivity index (χ4v) is 4.05. The molecule has 0 radical (unpaired) electrons. The number of hydrogen-bond donors (Lipinski definition) is 1. The summed E-state index contributed by atoms with van der Waals surface area (Å²) in [7, 11) is 0. The number of imidazole rings is 1. The largest absolute Gasteiger partial charge is 0.337 e. The third-order valence-corrected chi connectivity index (χ3v) is 5.42. The third kappa shape index (κ3) is 3.44. The van der Waals surface area contributed by atoms with E-state index in [1.807, 2.05) is 29.2 Å². The summed E-state index contributed by atoms with van der Waals surface area (Å²) in [6.45, 7) is 3.94. The molecule has 0 spiro atoms. The van der Waals surface area contributed by atoms with Crippen LogP contribution < -0.4 is 5.73 Å². The molecule has 0 aliphatic carbocycles. The lowest BCUT2D eigenvalue weighted by atomic mass is 9.92. The van der Waals surface area contributed by atoms with E-state index >= 15 is 0 Å². The van der Waals surface area contributed by atoms with Crippen LogP contribution in [0.15, 0.2) is 24.3 Å². The Labute approximate surface area is 147 Å². The van der Waals surface area contributed by atoms with Crippen LogP contribution >= 0.6 is 11.8 Å². The third-order valence-electron chi connectivity index (χ3n) is 4.87. The van der Waals surface area contributed by atoms with Crippen molar-refractivity contribution >= 4 is 28.7 Å². The average Bonchev–Trinajstić information content (AvgIpc) is 2.92. The molecule has 1 saturated heterocycles. The lowest BCUT2D eigenvalue weighted by Crippen LogP contribution is -2.50. The number of likely N-dealkylation sites (tertiary alicyclic amines) is 1. The van der Waals surface area contributed by atoms with Gasteiger partial charge in [0.1, 0.15) is 12.4 Å². The van der Waals surface area contributed by atoms with Crippen LogP contribution in [-0.4, -0.2) is 45.7 Å². The number of carbonyl (C=O) groups excluding carboxylic acids is 1. The molecule has 1 aliphatic heterocycles. The maximum atomic E-state index is 13.0. The zero-order chi connectivity index (χ0) is 17.1. The first-order valence-corrected chi connectivity index (χ1v) is 9.96. The molecule has 1 aromatic carbocycles. The van der Waals surface area contributed by atoms with Crippen molar-refractivity contribution in [2.24, 2.45) is 11.7 Å². The number of hydrogen-bond acceptors (Lipinski definition) is 4. The number of para-hydroxylation sites is 2. The predicted octanol–water partition coefficient (Wildman–Crippen LogP) is 2.49. The number of aromatic nitrogens is 2. The Morgan fingerprint density at radius 2 is 2.21 bits per heavy atom. The van der Waals surface area contributed by atoms with Crippen LogP contribution in [0.4, 0.5) is 0 Å². The molecule has 2 unspecified atom stereocenters. The van der Waals surface area contributed by atoms with Crippen LogP contribution in [0.3, 0.4) is 0 Å². The molecular formula is C18H26N4OS. The lowest BCUT2D eigenvalue weighted by Gasteiger charge is -2.38. The normalized spacial score (nSPS) is 21.4. The number of benzene rings is 1. The fourth-order valence-electron chi connectivity index (χ4n) is 3.57. The Morgan fingerprint density at radius 3 is 2.96 bits per heavy atom. The first-order valence-electron chi connectivity index (χ1n) is 8.56. The molecule has 1 amide bonds. The van der Waals surface area contributed by atoms with E-state index in [2.05, 4.69) is 17.7 Å². The van der Waals surface area contributed by atoms with Crippen LogP contribution in [0.2, 0.25) is 0 Å². The van der Waals surface area contributed by atoms with Crippen molar-refractivity contribution < 1.29 is 4.79 Å². The van der Waals surface area contributed by atoms with E-state index in [9.17, 15) is 4.79 Å². The van der Waals surface area contributed by atoms with Gasteiger partial charge in [0, 0.05) is 19.1 Å². The van der Waals surface area contributed by atoms with Gasteiger partial charge in [0.05, 0.1) is 16.8 Å². The van der Waals surface area contributed by atoms with E-state index in [-0.39, 0.29) is 11.9 Å². The molecule has 2 heterocycles. The number of thioether (sulfide) groups is 1. The van der Waals surface area contributed by atoms with Gasteiger partial charge in [-0.1, -0.05) is 19.1 Å². The van der Waals surface area contributed by atoms with Crippen molar-refractivity contribution in [1.29, 1.82) is 0 Å². The summed E-state index contributed by atoms with van der Waals surface area (Å²) in [5, 5.41) is 0. The molecule has 2 atom stereocenters. The van der Waals surface area contributed by atoms with Crippen molar-refractivity contribution in [2.75, 3.05) is 19.3 Å². The molecule has 6 heteroatoms. The smallest absolute Gasteiger partial charge is 0.242 e. The fraction of sp³-hybridized carbons (Fsp3) is 0.556. The maximum absolute atomic E-state index is 13.0. The number of rotatable bonds is 5. The Kier molecular flexibility index (Phi) is 5.46.